The van der Waals surface area contributed by atoms with Gasteiger partial charge < -0.3 is 19.9 Å². The van der Waals surface area contributed by atoms with Crippen molar-refractivity contribution in [3.63, 3.8) is 0 Å². The summed E-state index contributed by atoms with van der Waals surface area (Å²) in [6.45, 7) is 3.14. The van der Waals surface area contributed by atoms with Crippen LogP contribution in [0.5, 0.6) is 0 Å². The molecule has 0 radical (unpaired) electrons. The number of aromatic nitrogens is 3. The largest absolute Gasteiger partial charge is 0.378 e. The topological polar surface area (TPSA) is 100 Å². The molecule has 0 spiro atoms. The van der Waals surface area contributed by atoms with Crippen molar-refractivity contribution in [2.75, 3.05) is 36.5 Å². The van der Waals surface area contributed by atoms with Gasteiger partial charge in [-0.15, -0.1) is 0 Å². The maximum Gasteiger partial charge on any atom is 0.258 e. The van der Waals surface area contributed by atoms with E-state index in [1.165, 1.54) is 0 Å². The zero-order chi connectivity index (χ0) is 21.9. The van der Waals surface area contributed by atoms with E-state index in [1.807, 2.05) is 36.4 Å². The standard InChI is InChI=1S/C23H23N5O3S/c29-21(7-3-6-20-25-17-5-2-1-4-16(17)22(30)27-20)24-15-8-9-18-19(14-15)32-23(26-18)28-10-12-31-13-11-28/h1-2,4-5,8-9,14H,3,6-7,10-13H2,(H,24,29)(H,25,27,30). The van der Waals surface area contributed by atoms with E-state index in [0.29, 0.717) is 36.0 Å². The lowest BCUT2D eigenvalue weighted by molar-refractivity contribution is -0.116. The molecule has 1 aliphatic heterocycles. The van der Waals surface area contributed by atoms with Gasteiger partial charge in [-0.2, -0.15) is 0 Å². The average Bonchev–Trinajstić information content (AvgIpc) is 3.23. The second-order valence-electron chi connectivity index (χ2n) is 7.71. The van der Waals surface area contributed by atoms with Gasteiger partial charge in [0.15, 0.2) is 5.13 Å². The second kappa shape index (κ2) is 9.05. The van der Waals surface area contributed by atoms with Crippen molar-refractivity contribution in [2.24, 2.45) is 0 Å². The van der Waals surface area contributed by atoms with Gasteiger partial charge in [0, 0.05) is 31.6 Å². The van der Waals surface area contributed by atoms with Crippen LogP contribution in [0.1, 0.15) is 18.7 Å². The molecule has 2 aromatic heterocycles. The Labute approximate surface area is 188 Å². The molecule has 1 fully saturated rings. The maximum atomic E-state index is 12.4. The van der Waals surface area contributed by atoms with Crippen molar-refractivity contribution in [1.82, 2.24) is 15.0 Å². The van der Waals surface area contributed by atoms with Crippen LogP contribution in [0, 0.1) is 0 Å². The predicted molar refractivity (Wildman–Crippen MR) is 127 cm³/mol. The number of hydrogen-bond acceptors (Lipinski definition) is 7. The van der Waals surface area contributed by atoms with E-state index in [2.05, 4.69) is 20.2 Å². The van der Waals surface area contributed by atoms with Gasteiger partial charge in [-0.3, -0.25) is 9.59 Å². The SMILES string of the molecule is O=C(CCCc1nc2ccccc2c(=O)[nH]1)Nc1ccc2nc(N3CCOCC3)sc2c1. The molecule has 2 aromatic carbocycles. The van der Waals surface area contributed by atoms with Gasteiger partial charge in [0.2, 0.25) is 5.91 Å². The Bertz CT molecular complexity index is 1330. The number of fused-ring (bicyclic) bond motifs is 2. The summed E-state index contributed by atoms with van der Waals surface area (Å²) < 4.78 is 6.45. The number of hydrogen-bond donors (Lipinski definition) is 2. The third-order valence-corrected chi connectivity index (χ3v) is 6.50. The molecule has 4 aromatic rings. The van der Waals surface area contributed by atoms with Crippen LogP contribution < -0.4 is 15.8 Å². The molecule has 32 heavy (non-hydrogen) atoms. The minimum Gasteiger partial charge on any atom is -0.378 e. The molecule has 164 valence electrons. The van der Waals surface area contributed by atoms with Crippen molar-refractivity contribution in [3.05, 3.63) is 58.6 Å². The Kier molecular flexibility index (Phi) is 5.83. The van der Waals surface area contributed by atoms with Crippen LogP contribution >= 0.6 is 11.3 Å². The average molecular weight is 450 g/mol. The molecular formula is C23H23N5O3S. The van der Waals surface area contributed by atoms with E-state index >= 15 is 0 Å². The molecule has 0 atom stereocenters. The Morgan fingerprint density at radius 2 is 1.97 bits per heavy atom. The lowest BCUT2D eigenvalue weighted by Crippen LogP contribution is -2.36. The number of benzene rings is 2. The Morgan fingerprint density at radius 3 is 2.84 bits per heavy atom. The molecule has 0 saturated carbocycles. The molecule has 0 bridgehead atoms. The van der Waals surface area contributed by atoms with Crippen LogP contribution in [0.25, 0.3) is 21.1 Å². The first-order valence-corrected chi connectivity index (χ1v) is 11.5. The highest BCUT2D eigenvalue weighted by Crippen LogP contribution is 2.31. The van der Waals surface area contributed by atoms with Gasteiger partial charge in [0.05, 0.1) is 34.3 Å². The van der Waals surface area contributed by atoms with Crippen LogP contribution in [-0.2, 0) is 16.0 Å². The van der Waals surface area contributed by atoms with Crippen molar-refractivity contribution in [3.8, 4) is 0 Å². The van der Waals surface area contributed by atoms with E-state index in [1.54, 1.807) is 17.4 Å². The van der Waals surface area contributed by atoms with Crippen LogP contribution in [-0.4, -0.2) is 47.2 Å². The van der Waals surface area contributed by atoms with Crippen LogP contribution in [0.2, 0.25) is 0 Å². The quantitative estimate of drug-likeness (QED) is 0.468. The number of thiazole rings is 1. The monoisotopic (exact) mass is 449 g/mol. The third-order valence-electron chi connectivity index (χ3n) is 5.42. The van der Waals surface area contributed by atoms with E-state index in [4.69, 9.17) is 9.72 Å². The number of aryl methyl sites for hydroxylation is 1. The van der Waals surface area contributed by atoms with Gasteiger partial charge in [0.1, 0.15) is 5.82 Å². The molecule has 8 nitrogen and oxygen atoms in total. The number of amides is 1. The second-order valence-corrected chi connectivity index (χ2v) is 8.72. The van der Waals surface area contributed by atoms with Gasteiger partial charge in [-0.25, -0.2) is 9.97 Å². The molecular weight excluding hydrogens is 426 g/mol. The summed E-state index contributed by atoms with van der Waals surface area (Å²) in [6.07, 6.45) is 1.47. The molecule has 0 unspecified atom stereocenters. The van der Waals surface area contributed by atoms with Crippen molar-refractivity contribution in [2.45, 2.75) is 19.3 Å². The molecule has 2 N–H and O–H groups in total. The summed E-state index contributed by atoms with van der Waals surface area (Å²) >= 11 is 1.63. The van der Waals surface area contributed by atoms with Gasteiger partial charge in [0.25, 0.3) is 5.56 Å². The number of morpholine rings is 1. The van der Waals surface area contributed by atoms with E-state index in [-0.39, 0.29) is 11.5 Å². The molecule has 0 aliphatic carbocycles. The minimum atomic E-state index is -0.149. The highest BCUT2D eigenvalue weighted by atomic mass is 32.1. The van der Waals surface area contributed by atoms with Crippen LogP contribution in [0.3, 0.4) is 0 Å². The van der Waals surface area contributed by atoms with Crippen molar-refractivity contribution >= 4 is 49.2 Å². The van der Waals surface area contributed by atoms with Crippen molar-refractivity contribution < 1.29 is 9.53 Å². The predicted octanol–water partition coefficient (Wildman–Crippen LogP) is 3.33. The molecule has 9 heteroatoms. The number of rotatable bonds is 6. The fraction of sp³-hybridized carbons (Fsp3) is 0.304. The molecule has 1 amide bonds. The lowest BCUT2D eigenvalue weighted by atomic mass is 10.2. The first-order chi connectivity index (χ1) is 15.7. The number of para-hydroxylation sites is 1. The molecule has 3 heterocycles. The van der Waals surface area contributed by atoms with Gasteiger partial charge >= 0.3 is 0 Å². The zero-order valence-corrected chi connectivity index (χ0v) is 18.3. The summed E-state index contributed by atoms with van der Waals surface area (Å²) in [5.74, 6) is 0.536. The van der Waals surface area contributed by atoms with Gasteiger partial charge in [-0.05, 0) is 36.8 Å². The van der Waals surface area contributed by atoms with Crippen LogP contribution in [0.4, 0.5) is 10.8 Å². The van der Waals surface area contributed by atoms with Crippen LogP contribution in [0.15, 0.2) is 47.3 Å². The lowest BCUT2D eigenvalue weighted by Gasteiger charge is -2.25. The smallest absolute Gasteiger partial charge is 0.258 e. The Hall–Kier alpha value is -3.30. The minimum absolute atomic E-state index is 0.0644. The summed E-state index contributed by atoms with van der Waals surface area (Å²) in [6, 6.07) is 13.0. The molecule has 1 aliphatic rings. The Morgan fingerprint density at radius 1 is 1.12 bits per heavy atom. The normalized spacial score (nSPS) is 14.2. The maximum absolute atomic E-state index is 12.4. The van der Waals surface area contributed by atoms with Gasteiger partial charge in [-0.1, -0.05) is 23.5 Å². The number of anilines is 2. The first kappa shape index (κ1) is 20.6. The number of H-pyrrole nitrogens is 1. The fourth-order valence-corrected chi connectivity index (χ4v) is 4.83. The van der Waals surface area contributed by atoms with E-state index in [9.17, 15) is 9.59 Å². The van der Waals surface area contributed by atoms with E-state index in [0.717, 1.165) is 47.3 Å². The molecule has 1 saturated heterocycles. The summed E-state index contributed by atoms with van der Waals surface area (Å²) in [5, 5.41) is 4.53. The fourth-order valence-electron chi connectivity index (χ4n) is 3.77. The number of nitrogens with one attached hydrogen (secondary N) is 2. The summed E-state index contributed by atoms with van der Waals surface area (Å²) in [7, 11) is 0. The summed E-state index contributed by atoms with van der Waals surface area (Å²) in [5.41, 5.74) is 2.21. The summed E-state index contributed by atoms with van der Waals surface area (Å²) in [4.78, 5) is 38.8. The van der Waals surface area contributed by atoms with E-state index < -0.39 is 0 Å². The number of aromatic amines is 1. The number of nitrogens with zero attached hydrogens (tertiary/aromatic N) is 3. The number of carbonyl (C=O) groups excluding carboxylic acids is 1. The highest BCUT2D eigenvalue weighted by molar-refractivity contribution is 7.22. The Balaban J connectivity index is 1.19. The first-order valence-electron chi connectivity index (χ1n) is 10.7. The zero-order valence-electron chi connectivity index (χ0n) is 17.5. The third kappa shape index (κ3) is 4.49. The molecule has 5 rings (SSSR count). The number of ether oxygens (including phenoxy) is 1. The highest BCUT2D eigenvalue weighted by Gasteiger charge is 2.16. The number of carbonyl (C=O) groups is 1. The van der Waals surface area contributed by atoms with Crippen molar-refractivity contribution in [1.29, 1.82) is 0 Å².